The molecule has 4 aromatic rings. The third kappa shape index (κ3) is 1.09. The lowest BCUT2D eigenvalue weighted by Crippen LogP contribution is -1.91. The molecule has 0 aliphatic carbocycles. The second kappa shape index (κ2) is 3.01. The second-order valence-electron chi connectivity index (χ2n) is 3.90. The number of pyridine rings is 1. The summed E-state index contributed by atoms with van der Waals surface area (Å²) in [5, 5.41) is 0. The number of hydrogen-bond acceptors (Lipinski definition) is 3. The van der Waals surface area contributed by atoms with E-state index in [4.69, 9.17) is 0 Å². The number of hydrogen-bond donors (Lipinski definition) is 0. The molecule has 0 saturated heterocycles. The summed E-state index contributed by atoms with van der Waals surface area (Å²) < 4.78 is 2.04. The highest BCUT2D eigenvalue weighted by molar-refractivity contribution is 5.85. The Hall–Kier alpha value is -2.49. The minimum Gasteiger partial charge on any atom is -0.274 e. The molecule has 3 heterocycles. The van der Waals surface area contributed by atoms with Gasteiger partial charge in [0.25, 0.3) is 0 Å². The van der Waals surface area contributed by atoms with Gasteiger partial charge in [0.05, 0.1) is 17.2 Å². The molecular weight excluding hydrogens is 212 g/mol. The van der Waals surface area contributed by atoms with E-state index in [-0.39, 0.29) is 0 Å². The maximum absolute atomic E-state index is 4.50. The van der Waals surface area contributed by atoms with E-state index in [2.05, 4.69) is 15.0 Å². The van der Waals surface area contributed by atoms with Crippen LogP contribution in [0.25, 0.3) is 27.8 Å². The summed E-state index contributed by atoms with van der Waals surface area (Å²) in [6, 6.07) is 11.9. The van der Waals surface area contributed by atoms with E-state index in [0.29, 0.717) is 0 Å². The van der Waals surface area contributed by atoms with Crippen LogP contribution in [0.4, 0.5) is 0 Å². The van der Waals surface area contributed by atoms with Gasteiger partial charge in [0.1, 0.15) is 5.52 Å². The highest BCUT2D eigenvalue weighted by atomic mass is 15.1. The van der Waals surface area contributed by atoms with Gasteiger partial charge in [-0.2, -0.15) is 0 Å². The fraction of sp³-hybridized carbons (Fsp3) is 0. The van der Waals surface area contributed by atoms with Crippen molar-refractivity contribution in [3.63, 3.8) is 0 Å². The monoisotopic (exact) mass is 220 g/mol. The highest BCUT2D eigenvalue weighted by Crippen LogP contribution is 2.19. The number of nitrogens with zero attached hydrogens (tertiary/aromatic N) is 4. The van der Waals surface area contributed by atoms with E-state index in [9.17, 15) is 0 Å². The quantitative estimate of drug-likeness (QED) is 0.457. The molecule has 0 atom stereocenters. The predicted octanol–water partition coefficient (Wildman–Crippen LogP) is 2.43. The summed E-state index contributed by atoms with van der Waals surface area (Å²) in [5.74, 6) is 0. The number of imidazole rings is 1. The lowest BCUT2D eigenvalue weighted by molar-refractivity contribution is 1.20. The lowest BCUT2D eigenvalue weighted by Gasteiger charge is -2.00. The van der Waals surface area contributed by atoms with Crippen LogP contribution in [-0.2, 0) is 0 Å². The van der Waals surface area contributed by atoms with Crippen molar-refractivity contribution in [2.75, 3.05) is 0 Å². The first kappa shape index (κ1) is 8.64. The molecule has 0 aliphatic heterocycles. The van der Waals surface area contributed by atoms with Gasteiger partial charge >= 0.3 is 0 Å². The fourth-order valence-corrected chi connectivity index (χ4v) is 2.14. The Kier molecular flexibility index (Phi) is 1.53. The third-order valence-corrected chi connectivity index (χ3v) is 2.88. The molecule has 0 amide bonds. The maximum atomic E-state index is 4.50. The van der Waals surface area contributed by atoms with Crippen molar-refractivity contribution in [3.8, 4) is 0 Å². The first-order valence-electron chi connectivity index (χ1n) is 5.40. The fourth-order valence-electron chi connectivity index (χ4n) is 2.14. The van der Waals surface area contributed by atoms with Crippen LogP contribution in [0.5, 0.6) is 0 Å². The Morgan fingerprint density at radius 1 is 0.882 bits per heavy atom. The SMILES string of the molecule is c1ccc2c(c1)ncc1nc3cccnc3n12. The summed E-state index contributed by atoms with van der Waals surface area (Å²) in [4.78, 5) is 13.3. The van der Waals surface area contributed by atoms with Crippen molar-refractivity contribution in [1.82, 2.24) is 19.4 Å². The zero-order valence-corrected chi connectivity index (χ0v) is 8.91. The average Bonchev–Trinajstić information content (AvgIpc) is 2.77. The summed E-state index contributed by atoms with van der Waals surface area (Å²) >= 11 is 0. The van der Waals surface area contributed by atoms with Crippen molar-refractivity contribution in [2.45, 2.75) is 0 Å². The van der Waals surface area contributed by atoms with Crippen LogP contribution in [-0.4, -0.2) is 19.4 Å². The van der Waals surface area contributed by atoms with Crippen LogP contribution in [0.15, 0.2) is 48.8 Å². The van der Waals surface area contributed by atoms with Crippen LogP contribution < -0.4 is 0 Å². The van der Waals surface area contributed by atoms with E-state index in [1.807, 2.05) is 40.8 Å². The Morgan fingerprint density at radius 3 is 2.76 bits per heavy atom. The van der Waals surface area contributed by atoms with Gasteiger partial charge in [-0.25, -0.2) is 9.97 Å². The van der Waals surface area contributed by atoms with Crippen molar-refractivity contribution >= 4 is 27.8 Å². The molecule has 0 saturated carbocycles. The van der Waals surface area contributed by atoms with Gasteiger partial charge in [0.15, 0.2) is 11.3 Å². The van der Waals surface area contributed by atoms with Crippen LogP contribution in [0.1, 0.15) is 0 Å². The number of benzene rings is 1. The Labute approximate surface area is 96.6 Å². The summed E-state index contributed by atoms with van der Waals surface area (Å²) in [6.45, 7) is 0. The molecule has 1 aromatic carbocycles. The van der Waals surface area contributed by atoms with Crippen molar-refractivity contribution in [1.29, 1.82) is 0 Å². The normalized spacial score (nSPS) is 11.5. The summed E-state index contributed by atoms with van der Waals surface area (Å²) in [7, 11) is 0. The van der Waals surface area contributed by atoms with Gasteiger partial charge in [-0.15, -0.1) is 0 Å². The molecule has 3 aromatic heterocycles. The Bertz CT molecular complexity index is 842. The summed E-state index contributed by atoms with van der Waals surface area (Å²) in [5.41, 5.74) is 4.58. The number of para-hydroxylation sites is 2. The first-order valence-corrected chi connectivity index (χ1v) is 5.40. The zero-order chi connectivity index (χ0) is 11.2. The standard InChI is InChI=1S/C13H8N4/c1-2-6-11-9(4-1)15-8-12-16-10-5-3-7-14-13(10)17(11)12/h1-8H. The maximum Gasteiger partial charge on any atom is 0.165 e. The second-order valence-corrected chi connectivity index (χ2v) is 3.90. The van der Waals surface area contributed by atoms with E-state index in [1.54, 1.807) is 12.4 Å². The number of rotatable bonds is 0. The molecule has 4 nitrogen and oxygen atoms in total. The first-order chi connectivity index (χ1) is 8.43. The molecule has 80 valence electrons. The third-order valence-electron chi connectivity index (χ3n) is 2.88. The molecule has 17 heavy (non-hydrogen) atoms. The zero-order valence-electron chi connectivity index (χ0n) is 8.91. The van der Waals surface area contributed by atoms with Crippen molar-refractivity contribution in [3.05, 3.63) is 48.8 Å². The highest BCUT2D eigenvalue weighted by Gasteiger charge is 2.07. The van der Waals surface area contributed by atoms with Crippen molar-refractivity contribution in [2.24, 2.45) is 0 Å². The van der Waals surface area contributed by atoms with E-state index in [0.717, 1.165) is 27.8 Å². The molecule has 0 radical (unpaired) electrons. The van der Waals surface area contributed by atoms with Gasteiger partial charge in [-0.3, -0.25) is 9.38 Å². The molecule has 4 heteroatoms. The molecule has 0 aliphatic rings. The number of aromatic nitrogens is 4. The van der Waals surface area contributed by atoms with Gasteiger partial charge < -0.3 is 0 Å². The van der Waals surface area contributed by atoms with E-state index >= 15 is 0 Å². The molecule has 0 spiro atoms. The van der Waals surface area contributed by atoms with Gasteiger partial charge in [0.2, 0.25) is 0 Å². The van der Waals surface area contributed by atoms with Gasteiger partial charge in [-0.05, 0) is 24.3 Å². The molecule has 0 fully saturated rings. The van der Waals surface area contributed by atoms with E-state index in [1.165, 1.54) is 0 Å². The van der Waals surface area contributed by atoms with Crippen LogP contribution >= 0.6 is 0 Å². The molecule has 0 bridgehead atoms. The van der Waals surface area contributed by atoms with Crippen molar-refractivity contribution < 1.29 is 0 Å². The largest absolute Gasteiger partial charge is 0.274 e. The molecule has 4 rings (SSSR count). The van der Waals surface area contributed by atoms with Gasteiger partial charge in [0, 0.05) is 6.20 Å². The van der Waals surface area contributed by atoms with Crippen LogP contribution in [0.3, 0.4) is 0 Å². The minimum atomic E-state index is 0.831. The van der Waals surface area contributed by atoms with E-state index < -0.39 is 0 Å². The molecular formula is C13H8N4. The van der Waals surface area contributed by atoms with Crippen LogP contribution in [0, 0.1) is 0 Å². The number of fused-ring (bicyclic) bond motifs is 5. The smallest absolute Gasteiger partial charge is 0.165 e. The average molecular weight is 220 g/mol. The lowest BCUT2D eigenvalue weighted by atomic mass is 10.3. The van der Waals surface area contributed by atoms with Crippen LogP contribution in [0.2, 0.25) is 0 Å². The topological polar surface area (TPSA) is 43.1 Å². The minimum absolute atomic E-state index is 0.831. The Morgan fingerprint density at radius 2 is 1.76 bits per heavy atom. The predicted molar refractivity (Wildman–Crippen MR) is 65.8 cm³/mol. The Balaban J connectivity index is 2.38. The molecule has 0 N–H and O–H groups in total. The summed E-state index contributed by atoms with van der Waals surface area (Å²) in [6.07, 6.45) is 3.57. The molecule has 0 unspecified atom stereocenters. The van der Waals surface area contributed by atoms with Gasteiger partial charge in [-0.1, -0.05) is 12.1 Å².